The zero-order chi connectivity index (χ0) is 23.1. The Hall–Kier alpha value is -2.41. The molecule has 3 atom stereocenters. The summed E-state index contributed by atoms with van der Waals surface area (Å²) in [4.78, 5) is 17.0. The number of amides is 1. The van der Waals surface area contributed by atoms with E-state index in [2.05, 4.69) is 46.5 Å². The quantitative estimate of drug-likeness (QED) is 0.644. The molecule has 0 aliphatic carbocycles. The highest BCUT2D eigenvalue weighted by Crippen LogP contribution is 2.33. The first-order valence-electron chi connectivity index (χ1n) is 11.5. The van der Waals surface area contributed by atoms with Crippen LogP contribution in [0.4, 0.5) is 0 Å². The number of carbonyl (C=O) groups is 1. The Balaban J connectivity index is 1.98. The Bertz CT molecular complexity index is 873. The van der Waals surface area contributed by atoms with Crippen LogP contribution in [0.2, 0.25) is 0 Å². The van der Waals surface area contributed by atoms with Gasteiger partial charge in [0.05, 0.1) is 19.8 Å². The minimum Gasteiger partial charge on any atom is -0.497 e. The molecule has 0 radical (unpaired) electrons. The minimum atomic E-state index is -0.00645. The minimum absolute atomic E-state index is 0.00645. The Morgan fingerprint density at radius 3 is 2.65 bits per heavy atom. The number of rotatable bonds is 9. The Morgan fingerprint density at radius 1 is 1.26 bits per heavy atom. The van der Waals surface area contributed by atoms with Crippen LogP contribution < -0.4 is 10.1 Å². The van der Waals surface area contributed by atoms with Gasteiger partial charge >= 0.3 is 0 Å². The highest BCUT2D eigenvalue weighted by atomic mass is 16.5. The van der Waals surface area contributed by atoms with Crippen LogP contribution in [-0.4, -0.2) is 74.2 Å². The van der Waals surface area contributed by atoms with Gasteiger partial charge < -0.3 is 20.1 Å². The summed E-state index contributed by atoms with van der Waals surface area (Å²) < 4.78 is 12.7. The van der Waals surface area contributed by atoms with E-state index in [4.69, 9.17) is 6.17 Å². The molecule has 0 saturated carbocycles. The van der Waals surface area contributed by atoms with Gasteiger partial charge in [0.15, 0.2) is 0 Å². The van der Waals surface area contributed by atoms with E-state index in [0.717, 1.165) is 30.0 Å². The molecule has 1 amide bonds. The first-order valence-corrected chi connectivity index (χ1v) is 11.1. The summed E-state index contributed by atoms with van der Waals surface area (Å²) >= 11 is 0. The lowest BCUT2D eigenvalue weighted by Crippen LogP contribution is -2.57. The Morgan fingerprint density at radius 2 is 2.00 bits per heavy atom. The smallest absolute Gasteiger partial charge is 0.253 e. The molecule has 2 aromatic carbocycles. The fourth-order valence-electron chi connectivity index (χ4n) is 4.31. The number of hydrogen-bond donors (Lipinski definition) is 2. The van der Waals surface area contributed by atoms with Crippen molar-refractivity contribution in [2.75, 3.05) is 39.9 Å². The normalized spacial score (nSPS) is 20.7. The van der Waals surface area contributed by atoms with E-state index in [-0.39, 0.29) is 24.0 Å². The third-order valence-corrected chi connectivity index (χ3v) is 6.17. The lowest BCUT2D eigenvalue weighted by molar-refractivity contribution is 0.0772. The SMILES string of the molecule is [3H]OCC1CN(C(c2ccc(C(=O)N(CC)CC)cc2)c2cccc(OC)c2)C(C)CN1. The highest BCUT2D eigenvalue weighted by Gasteiger charge is 2.32. The molecule has 1 fully saturated rings. The lowest BCUT2D eigenvalue weighted by atomic mass is 9.93. The van der Waals surface area contributed by atoms with Crippen LogP contribution in [0.1, 0.15) is 48.3 Å². The van der Waals surface area contributed by atoms with Crippen molar-refractivity contribution < 1.29 is 14.6 Å². The van der Waals surface area contributed by atoms with Crippen molar-refractivity contribution >= 4 is 5.91 Å². The van der Waals surface area contributed by atoms with Gasteiger partial charge in [0.25, 0.3) is 5.91 Å². The fraction of sp³-hybridized carbons (Fsp3) is 0.480. The number of aliphatic hydroxyl groups is 1. The van der Waals surface area contributed by atoms with Crippen LogP contribution in [0.15, 0.2) is 48.5 Å². The molecule has 1 heterocycles. The van der Waals surface area contributed by atoms with E-state index in [9.17, 15) is 4.79 Å². The highest BCUT2D eigenvalue weighted by molar-refractivity contribution is 5.94. The van der Waals surface area contributed by atoms with Gasteiger partial charge in [0.1, 0.15) is 5.75 Å². The Labute approximate surface area is 187 Å². The number of methoxy groups -OCH3 is 1. The molecule has 3 unspecified atom stereocenters. The van der Waals surface area contributed by atoms with Gasteiger partial charge in [-0.15, -0.1) is 0 Å². The molecule has 0 spiro atoms. The van der Waals surface area contributed by atoms with Gasteiger partial charge in [-0.25, -0.2) is 0 Å². The monoisotopic (exact) mass is 427 g/mol. The number of carbonyl (C=O) groups excluding carboxylic acids is 1. The van der Waals surface area contributed by atoms with Crippen LogP contribution in [-0.2, 0) is 0 Å². The van der Waals surface area contributed by atoms with Crippen molar-refractivity contribution in [3.8, 4) is 5.75 Å². The van der Waals surface area contributed by atoms with Gasteiger partial charge in [-0.2, -0.15) is 0 Å². The maximum absolute atomic E-state index is 12.8. The second-order valence-corrected chi connectivity index (χ2v) is 8.10. The Kier molecular flexibility index (Phi) is 7.57. The van der Waals surface area contributed by atoms with Crippen molar-refractivity contribution in [2.45, 2.75) is 38.9 Å². The van der Waals surface area contributed by atoms with Crippen LogP contribution in [0, 0.1) is 0 Å². The second-order valence-electron chi connectivity index (χ2n) is 8.10. The first kappa shape index (κ1) is 21.8. The molecule has 168 valence electrons. The van der Waals surface area contributed by atoms with Crippen molar-refractivity contribution in [3.63, 3.8) is 0 Å². The van der Waals surface area contributed by atoms with Gasteiger partial charge in [-0.3, -0.25) is 9.69 Å². The van der Waals surface area contributed by atoms with Gasteiger partial charge in [-0.1, -0.05) is 24.3 Å². The maximum Gasteiger partial charge on any atom is 0.253 e. The molecule has 1 saturated heterocycles. The lowest BCUT2D eigenvalue weighted by Gasteiger charge is -2.43. The topological polar surface area (TPSA) is 65.0 Å². The molecule has 2 aromatic rings. The van der Waals surface area contributed by atoms with E-state index in [1.165, 1.54) is 0 Å². The van der Waals surface area contributed by atoms with Gasteiger partial charge in [-0.05, 0) is 56.2 Å². The molecule has 1 aliphatic rings. The molecule has 6 nitrogen and oxygen atoms in total. The maximum atomic E-state index is 12.8. The number of benzene rings is 2. The van der Waals surface area contributed by atoms with E-state index in [1.54, 1.807) is 7.11 Å². The molecule has 0 aromatic heterocycles. The summed E-state index contributed by atoms with van der Waals surface area (Å²) in [6.45, 7) is 9.49. The van der Waals surface area contributed by atoms with E-state index >= 15 is 0 Å². The average molecular weight is 428 g/mol. The van der Waals surface area contributed by atoms with Crippen LogP contribution in [0.3, 0.4) is 0 Å². The number of hydrogen-bond acceptors (Lipinski definition) is 5. The summed E-state index contributed by atoms with van der Waals surface area (Å²) in [5.41, 5.74) is 2.95. The molecule has 0 bridgehead atoms. The molecule has 1 aliphatic heterocycles. The fourth-order valence-corrected chi connectivity index (χ4v) is 4.31. The van der Waals surface area contributed by atoms with Crippen molar-refractivity contribution in [3.05, 3.63) is 65.2 Å². The summed E-state index contributed by atoms with van der Waals surface area (Å²) in [6, 6.07) is 16.5. The third kappa shape index (κ3) is 5.26. The zero-order valence-corrected chi connectivity index (χ0v) is 19.0. The van der Waals surface area contributed by atoms with Crippen LogP contribution in [0.25, 0.3) is 0 Å². The molecule has 31 heavy (non-hydrogen) atoms. The standard InChI is InChI=1S/C25H35N3O3/c1-5-27(6-2)25(30)20-12-10-19(11-13-20)24(21-8-7-9-23(14-21)31-4)28-16-22(17-29)26-15-18(28)3/h7-14,18,22,24,26,29H,5-6,15-17H2,1-4H3/i29T. The van der Waals surface area contributed by atoms with Crippen molar-refractivity contribution in [1.82, 2.24) is 15.1 Å². The molecule has 6 heteroatoms. The van der Waals surface area contributed by atoms with E-state index < -0.39 is 0 Å². The van der Waals surface area contributed by atoms with Gasteiger partial charge in [0.2, 0.25) is 1.43 Å². The van der Waals surface area contributed by atoms with Crippen LogP contribution >= 0.6 is 0 Å². The predicted octanol–water partition coefficient (Wildman–Crippen LogP) is 2.92. The first-order chi connectivity index (χ1) is 15.5. The van der Waals surface area contributed by atoms with Crippen molar-refractivity contribution in [2.24, 2.45) is 0 Å². The summed E-state index contributed by atoms with van der Waals surface area (Å²) in [5.74, 6) is 0.873. The second kappa shape index (κ2) is 10.8. The van der Waals surface area contributed by atoms with E-state index in [0.29, 0.717) is 25.3 Å². The zero-order valence-electron chi connectivity index (χ0n) is 20.0. The molecule has 2 N–H and O–H groups in total. The molecular formula is C25H35N3O3. The molecule has 3 rings (SSSR count). The van der Waals surface area contributed by atoms with Crippen molar-refractivity contribution in [1.29, 1.82) is 1.43 Å². The summed E-state index contributed by atoms with van der Waals surface area (Å²) in [5, 5.41) is 8.14. The number of piperazine rings is 1. The third-order valence-electron chi connectivity index (χ3n) is 6.17. The largest absolute Gasteiger partial charge is 0.497 e. The van der Waals surface area contributed by atoms with E-state index in [1.807, 2.05) is 43.0 Å². The number of nitrogens with zero attached hydrogens (tertiary/aromatic N) is 2. The number of nitrogens with one attached hydrogen (secondary N) is 1. The van der Waals surface area contributed by atoms with Crippen LogP contribution in [0.5, 0.6) is 5.75 Å². The summed E-state index contributed by atoms with van der Waals surface area (Å²) in [6.07, 6.45) is 0. The van der Waals surface area contributed by atoms with Gasteiger partial charge in [0, 0.05) is 43.8 Å². The summed E-state index contributed by atoms with van der Waals surface area (Å²) in [7, 11) is 1.68. The number of aliphatic hydroxyl groups excluding tert-OH is 1. The average Bonchev–Trinajstić information content (AvgIpc) is 2.82. The number of ether oxygens (including phenoxy) is 1. The molecular weight excluding hydrogens is 390 g/mol. The predicted molar refractivity (Wildman–Crippen MR) is 124 cm³/mol.